The van der Waals surface area contributed by atoms with Gasteiger partial charge in [-0.1, -0.05) is 30.3 Å². The zero-order valence-electron chi connectivity index (χ0n) is 10.5. The number of nitriles is 1. The summed E-state index contributed by atoms with van der Waals surface area (Å²) < 4.78 is 0. The highest BCUT2D eigenvalue weighted by Crippen LogP contribution is 2.26. The van der Waals surface area contributed by atoms with Crippen LogP contribution in [0, 0.1) is 11.3 Å². The van der Waals surface area contributed by atoms with E-state index >= 15 is 0 Å². The number of thiazole rings is 1. The van der Waals surface area contributed by atoms with Crippen LogP contribution in [0.25, 0.3) is 11.3 Å². The van der Waals surface area contributed by atoms with Gasteiger partial charge in [0, 0.05) is 17.5 Å². The van der Waals surface area contributed by atoms with Gasteiger partial charge in [0.15, 0.2) is 5.92 Å². The number of benzene rings is 1. The summed E-state index contributed by atoms with van der Waals surface area (Å²) in [5.74, 6) is -1.12. The smallest absolute Gasteiger partial charge is 0.244 e. The van der Waals surface area contributed by atoms with Crippen molar-refractivity contribution in [3.63, 3.8) is 0 Å². The summed E-state index contributed by atoms with van der Waals surface area (Å²) in [6.45, 7) is 2.33. The summed E-state index contributed by atoms with van der Waals surface area (Å²) in [4.78, 5) is 16.1. The first-order valence-corrected chi connectivity index (χ1v) is 6.82. The van der Waals surface area contributed by atoms with Crippen molar-refractivity contribution in [1.82, 2.24) is 10.3 Å². The van der Waals surface area contributed by atoms with E-state index in [0.29, 0.717) is 11.6 Å². The van der Waals surface area contributed by atoms with Crippen molar-refractivity contribution in [3.8, 4) is 17.3 Å². The Morgan fingerprint density at radius 2 is 2.21 bits per heavy atom. The summed E-state index contributed by atoms with van der Waals surface area (Å²) in [5.41, 5.74) is 1.78. The number of hydrogen-bond donors (Lipinski definition) is 1. The molecule has 1 atom stereocenters. The molecule has 0 aliphatic rings. The van der Waals surface area contributed by atoms with E-state index in [-0.39, 0.29) is 5.91 Å². The fourth-order valence-electron chi connectivity index (χ4n) is 1.66. The SMILES string of the molecule is CCNC(=O)C(C#N)c1nc(-c2ccccc2)cs1. The van der Waals surface area contributed by atoms with E-state index in [1.807, 2.05) is 48.7 Å². The van der Waals surface area contributed by atoms with Crippen LogP contribution in [-0.2, 0) is 4.79 Å². The van der Waals surface area contributed by atoms with Crippen molar-refractivity contribution in [2.45, 2.75) is 12.8 Å². The average molecular weight is 271 g/mol. The molecule has 0 saturated carbocycles. The molecule has 0 spiro atoms. The molecular weight excluding hydrogens is 258 g/mol. The third-order valence-electron chi connectivity index (χ3n) is 2.58. The van der Waals surface area contributed by atoms with E-state index in [9.17, 15) is 4.79 Å². The molecule has 2 aromatic rings. The van der Waals surface area contributed by atoms with E-state index in [0.717, 1.165) is 11.3 Å². The molecule has 0 aliphatic heterocycles. The van der Waals surface area contributed by atoms with Crippen LogP contribution >= 0.6 is 11.3 Å². The van der Waals surface area contributed by atoms with Gasteiger partial charge in [-0.15, -0.1) is 11.3 Å². The maximum Gasteiger partial charge on any atom is 0.244 e. The monoisotopic (exact) mass is 271 g/mol. The van der Waals surface area contributed by atoms with E-state index in [1.165, 1.54) is 11.3 Å². The van der Waals surface area contributed by atoms with Crippen molar-refractivity contribution in [2.75, 3.05) is 6.54 Å². The molecule has 0 aliphatic carbocycles. The van der Waals surface area contributed by atoms with E-state index < -0.39 is 5.92 Å². The maximum atomic E-state index is 11.8. The maximum absolute atomic E-state index is 11.8. The standard InChI is InChI=1S/C14H13N3OS/c1-2-16-13(18)11(8-15)14-17-12(9-19-14)10-6-4-3-5-7-10/h3-7,9,11H,2H2,1H3,(H,16,18). The van der Waals surface area contributed by atoms with E-state index in [1.54, 1.807) is 0 Å². The van der Waals surface area contributed by atoms with Crippen molar-refractivity contribution in [3.05, 3.63) is 40.7 Å². The van der Waals surface area contributed by atoms with Gasteiger partial charge in [-0.2, -0.15) is 5.26 Å². The number of carbonyl (C=O) groups is 1. The van der Waals surface area contributed by atoms with Gasteiger partial charge in [-0.05, 0) is 6.92 Å². The Kier molecular flexibility index (Phi) is 4.26. The van der Waals surface area contributed by atoms with Gasteiger partial charge >= 0.3 is 0 Å². The second kappa shape index (κ2) is 6.12. The molecule has 0 fully saturated rings. The van der Waals surface area contributed by atoms with Gasteiger partial charge in [0.05, 0.1) is 11.8 Å². The summed E-state index contributed by atoms with van der Waals surface area (Å²) in [6, 6.07) is 11.7. The minimum absolute atomic E-state index is 0.293. The molecule has 0 radical (unpaired) electrons. The molecule has 1 N–H and O–H groups in total. The Morgan fingerprint density at radius 1 is 1.47 bits per heavy atom. The van der Waals surface area contributed by atoms with Crippen LogP contribution in [0.15, 0.2) is 35.7 Å². The Hall–Kier alpha value is -2.19. The third-order valence-corrected chi connectivity index (χ3v) is 3.49. The molecule has 1 amide bonds. The fraction of sp³-hybridized carbons (Fsp3) is 0.214. The number of nitrogens with zero attached hydrogens (tertiary/aromatic N) is 2. The number of aromatic nitrogens is 1. The minimum Gasteiger partial charge on any atom is -0.355 e. The Labute approximate surface area is 115 Å². The lowest BCUT2D eigenvalue weighted by atomic mass is 10.1. The number of likely N-dealkylation sites (N-methyl/N-ethyl adjacent to an activating group) is 1. The highest BCUT2D eigenvalue weighted by Gasteiger charge is 2.23. The molecule has 2 rings (SSSR count). The van der Waals surface area contributed by atoms with E-state index in [2.05, 4.69) is 10.3 Å². The molecule has 0 saturated heterocycles. The molecule has 1 unspecified atom stereocenters. The zero-order valence-corrected chi connectivity index (χ0v) is 11.3. The van der Waals surface area contributed by atoms with Gasteiger partial charge in [-0.25, -0.2) is 4.98 Å². The first-order chi connectivity index (χ1) is 9.26. The normalized spacial score (nSPS) is 11.6. The topological polar surface area (TPSA) is 65.8 Å². The molecule has 4 nitrogen and oxygen atoms in total. The highest BCUT2D eigenvalue weighted by molar-refractivity contribution is 7.10. The van der Waals surface area contributed by atoms with Crippen molar-refractivity contribution < 1.29 is 4.79 Å². The van der Waals surface area contributed by atoms with Crippen LogP contribution < -0.4 is 5.32 Å². The van der Waals surface area contributed by atoms with E-state index in [4.69, 9.17) is 5.26 Å². The lowest BCUT2D eigenvalue weighted by Crippen LogP contribution is -2.28. The first-order valence-electron chi connectivity index (χ1n) is 5.94. The fourth-order valence-corrected chi connectivity index (χ4v) is 2.53. The van der Waals surface area contributed by atoms with Gasteiger partial charge in [-0.3, -0.25) is 4.79 Å². The molecule has 96 valence electrons. The lowest BCUT2D eigenvalue weighted by Gasteiger charge is -2.05. The number of carbonyl (C=O) groups excluding carboxylic acids is 1. The highest BCUT2D eigenvalue weighted by atomic mass is 32.1. The molecule has 0 bridgehead atoms. The molecule has 1 aromatic carbocycles. The number of hydrogen-bond acceptors (Lipinski definition) is 4. The largest absolute Gasteiger partial charge is 0.355 e. The predicted octanol–water partition coefficient (Wildman–Crippen LogP) is 2.55. The summed E-state index contributed by atoms with van der Waals surface area (Å²) in [7, 11) is 0. The molecule has 19 heavy (non-hydrogen) atoms. The molecule has 5 heteroatoms. The Balaban J connectivity index is 2.26. The quantitative estimate of drug-likeness (QED) is 0.929. The summed E-state index contributed by atoms with van der Waals surface area (Å²) >= 11 is 1.34. The Bertz CT molecular complexity index is 601. The molecular formula is C14H13N3OS. The van der Waals surface area contributed by atoms with Crippen LogP contribution in [0.2, 0.25) is 0 Å². The second-order valence-electron chi connectivity index (χ2n) is 3.89. The third kappa shape index (κ3) is 2.98. The van der Waals surface area contributed by atoms with Crippen LogP contribution in [0.3, 0.4) is 0 Å². The molecule has 1 heterocycles. The zero-order chi connectivity index (χ0) is 13.7. The van der Waals surface area contributed by atoms with Crippen LogP contribution in [0.1, 0.15) is 17.8 Å². The number of nitrogens with one attached hydrogen (secondary N) is 1. The summed E-state index contributed by atoms with van der Waals surface area (Å²) in [5, 5.41) is 14.2. The minimum atomic E-state index is -0.831. The lowest BCUT2D eigenvalue weighted by molar-refractivity contribution is -0.121. The van der Waals surface area contributed by atoms with Crippen molar-refractivity contribution >= 4 is 17.2 Å². The average Bonchev–Trinajstić information content (AvgIpc) is 2.90. The summed E-state index contributed by atoms with van der Waals surface area (Å²) in [6.07, 6.45) is 0. The van der Waals surface area contributed by atoms with Gasteiger partial charge in [0.25, 0.3) is 0 Å². The number of amides is 1. The van der Waals surface area contributed by atoms with Crippen LogP contribution in [0.5, 0.6) is 0 Å². The number of rotatable bonds is 4. The Morgan fingerprint density at radius 3 is 2.84 bits per heavy atom. The van der Waals surface area contributed by atoms with Crippen molar-refractivity contribution in [2.24, 2.45) is 0 Å². The second-order valence-corrected chi connectivity index (χ2v) is 4.78. The van der Waals surface area contributed by atoms with Crippen molar-refractivity contribution in [1.29, 1.82) is 5.26 Å². The van der Waals surface area contributed by atoms with Gasteiger partial charge < -0.3 is 5.32 Å². The predicted molar refractivity (Wildman–Crippen MR) is 74.6 cm³/mol. The van der Waals surface area contributed by atoms with Gasteiger partial charge in [0.2, 0.25) is 5.91 Å². The first kappa shape index (κ1) is 13.2. The van der Waals surface area contributed by atoms with Crippen LogP contribution in [0.4, 0.5) is 0 Å². The van der Waals surface area contributed by atoms with Crippen LogP contribution in [-0.4, -0.2) is 17.4 Å². The molecule has 1 aromatic heterocycles. The van der Waals surface area contributed by atoms with Gasteiger partial charge in [0.1, 0.15) is 5.01 Å².